The van der Waals surface area contributed by atoms with Crippen molar-refractivity contribution in [3.05, 3.63) is 77.1 Å². The fourth-order valence-electron chi connectivity index (χ4n) is 3.22. The first kappa shape index (κ1) is 19.7. The van der Waals surface area contributed by atoms with Gasteiger partial charge in [0.25, 0.3) is 5.91 Å². The highest BCUT2D eigenvalue weighted by Gasteiger charge is 2.22. The molecule has 1 unspecified atom stereocenters. The van der Waals surface area contributed by atoms with Gasteiger partial charge in [0.1, 0.15) is 5.75 Å². The topological polar surface area (TPSA) is 47.4 Å². The van der Waals surface area contributed by atoms with Gasteiger partial charge in [0.2, 0.25) is 0 Å². The van der Waals surface area contributed by atoms with E-state index < -0.39 is 6.10 Å². The first-order valence-corrected chi connectivity index (χ1v) is 9.45. The Balaban J connectivity index is 1.71. The number of amides is 1. The Morgan fingerprint density at radius 2 is 1.71 bits per heavy atom. The molecule has 5 nitrogen and oxygen atoms in total. The van der Waals surface area contributed by atoms with Crippen LogP contribution in [0.1, 0.15) is 29.4 Å². The van der Waals surface area contributed by atoms with Crippen LogP contribution in [-0.4, -0.2) is 33.7 Å². The third-order valence-electron chi connectivity index (χ3n) is 4.90. The molecule has 1 atom stereocenters. The van der Waals surface area contributed by atoms with Gasteiger partial charge in [-0.05, 0) is 52.0 Å². The zero-order valence-corrected chi connectivity index (χ0v) is 17.1. The van der Waals surface area contributed by atoms with E-state index in [1.54, 1.807) is 18.9 Å². The molecule has 3 aromatic rings. The summed E-state index contributed by atoms with van der Waals surface area (Å²) in [6, 6.07) is 17.7. The molecule has 0 spiro atoms. The van der Waals surface area contributed by atoms with Crippen molar-refractivity contribution in [2.24, 2.45) is 0 Å². The van der Waals surface area contributed by atoms with Crippen LogP contribution < -0.4 is 4.74 Å². The lowest BCUT2D eigenvalue weighted by Gasteiger charge is -2.22. The van der Waals surface area contributed by atoms with E-state index in [0.29, 0.717) is 12.3 Å². The molecule has 0 fully saturated rings. The van der Waals surface area contributed by atoms with Crippen LogP contribution in [0.15, 0.2) is 54.6 Å². The van der Waals surface area contributed by atoms with Gasteiger partial charge in [-0.1, -0.05) is 35.9 Å². The first-order chi connectivity index (χ1) is 13.4. The van der Waals surface area contributed by atoms with Crippen LogP contribution in [0.3, 0.4) is 0 Å². The number of hydrogen-bond donors (Lipinski definition) is 0. The van der Waals surface area contributed by atoms with Gasteiger partial charge < -0.3 is 9.64 Å². The molecule has 146 valence electrons. The monoisotopic (exact) mass is 377 g/mol. The minimum Gasteiger partial charge on any atom is -0.481 e. The van der Waals surface area contributed by atoms with Crippen molar-refractivity contribution < 1.29 is 9.53 Å². The molecule has 0 N–H and O–H groups in total. The molecule has 0 aliphatic rings. The number of rotatable bonds is 6. The van der Waals surface area contributed by atoms with E-state index in [-0.39, 0.29) is 5.91 Å². The van der Waals surface area contributed by atoms with E-state index in [2.05, 4.69) is 5.10 Å². The van der Waals surface area contributed by atoms with Gasteiger partial charge >= 0.3 is 0 Å². The zero-order valence-electron chi connectivity index (χ0n) is 17.1. The molecule has 1 amide bonds. The van der Waals surface area contributed by atoms with Crippen LogP contribution in [0.2, 0.25) is 0 Å². The molecule has 0 saturated carbocycles. The zero-order chi connectivity index (χ0) is 20.3. The molecule has 0 bridgehead atoms. The number of carbonyl (C=O) groups is 1. The van der Waals surface area contributed by atoms with Crippen molar-refractivity contribution >= 4 is 5.91 Å². The van der Waals surface area contributed by atoms with Crippen molar-refractivity contribution in [3.63, 3.8) is 0 Å². The highest BCUT2D eigenvalue weighted by atomic mass is 16.5. The van der Waals surface area contributed by atoms with Crippen LogP contribution in [0.25, 0.3) is 5.69 Å². The van der Waals surface area contributed by atoms with Gasteiger partial charge in [-0.2, -0.15) is 5.10 Å². The Morgan fingerprint density at radius 3 is 2.36 bits per heavy atom. The highest BCUT2D eigenvalue weighted by molar-refractivity contribution is 5.80. The van der Waals surface area contributed by atoms with E-state index in [1.165, 1.54) is 0 Å². The number of hydrogen-bond acceptors (Lipinski definition) is 3. The third kappa shape index (κ3) is 4.25. The van der Waals surface area contributed by atoms with E-state index in [0.717, 1.165) is 28.2 Å². The minimum absolute atomic E-state index is 0.0631. The average Bonchev–Trinajstić information content (AvgIpc) is 2.98. The van der Waals surface area contributed by atoms with Crippen LogP contribution in [-0.2, 0) is 11.3 Å². The van der Waals surface area contributed by atoms with Gasteiger partial charge in [0.15, 0.2) is 6.10 Å². The quantitative estimate of drug-likeness (QED) is 0.646. The van der Waals surface area contributed by atoms with Gasteiger partial charge in [-0.3, -0.25) is 4.79 Å². The summed E-state index contributed by atoms with van der Waals surface area (Å²) in [6.45, 7) is 8.31. The number of nitrogens with zero attached hydrogens (tertiary/aromatic N) is 3. The SMILES string of the molecule is Cc1ccc(OC(C)C(=O)N(C)Cc2c(C)nn(-c3ccccc3)c2C)cc1. The summed E-state index contributed by atoms with van der Waals surface area (Å²) in [6.07, 6.45) is -0.558. The molecule has 0 aliphatic heterocycles. The lowest BCUT2D eigenvalue weighted by Crippen LogP contribution is -2.37. The van der Waals surface area contributed by atoms with Crippen molar-refractivity contribution in [1.82, 2.24) is 14.7 Å². The van der Waals surface area contributed by atoms with Crippen LogP contribution >= 0.6 is 0 Å². The summed E-state index contributed by atoms with van der Waals surface area (Å²) in [7, 11) is 1.80. The largest absolute Gasteiger partial charge is 0.481 e. The van der Waals surface area contributed by atoms with E-state index in [1.807, 2.05) is 80.1 Å². The summed E-state index contributed by atoms with van der Waals surface area (Å²) in [5.74, 6) is 0.635. The number of likely N-dealkylation sites (N-methyl/N-ethyl adjacent to an activating group) is 1. The summed E-state index contributed by atoms with van der Waals surface area (Å²) in [4.78, 5) is 14.5. The first-order valence-electron chi connectivity index (χ1n) is 9.45. The Morgan fingerprint density at radius 1 is 1.07 bits per heavy atom. The van der Waals surface area contributed by atoms with Gasteiger partial charge in [0.05, 0.1) is 11.4 Å². The summed E-state index contributed by atoms with van der Waals surface area (Å²) >= 11 is 0. The average molecular weight is 377 g/mol. The second-order valence-corrected chi connectivity index (χ2v) is 7.16. The van der Waals surface area contributed by atoms with E-state index in [9.17, 15) is 4.79 Å². The maximum absolute atomic E-state index is 12.8. The number of benzene rings is 2. The summed E-state index contributed by atoms with van der Waals surface area (Å²) in [5.41, 5.74) is 5.19. The number of aryl methyl sites for hydroxylation is 2. The molecular formula is C23H27N3O2. The normalized spacial score (nSPS) is 11.9. The lowest BCUT2D eigenvalue weighted by atomic mass is 10.1. The Bertz CT molecular complexity index is 946. The van der Waals surface area contributed by atoms with Crippen LogP contribution in [0, 0.1) is 20.8 Å². The molecule has 5 heteroatoms. The summed E-state index contributed by atoms with van der Waals surface area (Å²) in [5, 5.41) is 4.66. The van der Waals surface area contributed by atoms with Crippen LogP contribution in [0.5, 0.6) is 5.75 Å². The van der Waals surface area contributed by atoms with Crippen molar-refractivity contribution in [1.29, 1.82) is 0 Å². The predicted octanol–water partition coefficient (Wildman–Crippen LogP) is 4.22. The van der Waals surface area contributed by atoms with Crippen LogP contribution in [0.4, 0.5) is 0 Å². The minimum atomic E-state index is -0.558. The van der Waals surface area contributed by atoms with E-state index >= 15 is 0 Å². The molecule has 2 aromatic carbocycles. The second-order valence-electron chi connectivity index (χ2n) is 7.16. The summed E-state index contributed by atoms with van der Waals surface area (Å²) < 4.78 is 7.74. The van der Waals surface area contributed by atoms with Gasteiger partial charge in [-0.25, -0.2) is 4.68 Å². The fourth-order valence-corrected chi connectivity index (χ4v) is 3.22. The molecule has 28 heavy (non-hydrogen) atoms. The second kappa shape index (κ2) is 8.30. The van der Waals surface area contributed by atoms with Gasteiger partial charge in [0, 0.05) is 24.8 Å². The lowest BCUT2D eigenvalue weighted by molar-refractivity contribution is -0.137. The molecule has 1 heterocycles. The molecule has 0 radical (unpaired) electrons. The van der Waals surface area contributed by atoms with Gasteiger partial charge in [-0.15, -0.1) is 0 Å². The predicted molar refractivity (Wildman–Crippen MR) is 111 cm³/mol. The van der Waals surface area contributed by atoms with Crippen molar-refractivity contribution in [2.75, 3.05) is 7.05 Å². The van der Waals surface area contributed by atoms with E-state index in [4.69, 9.17) is 4.74 Å². The van der Waals surface area contributed by atoms with Crippen molar-refractivity contribution in [2.45, 2.75) is 40.3 Å². The van der Waals surface area contributed by atoms with Crippen molar-refractivity contribution in [3.8, 4) is 11.4 Å². The maximum Gasteiger partial charge on any atom is 0.263 e. The Kier molecular flexibility index (Phi) is 5.83. The standard InChI is InChI=1S/C23H27N3O2/c1-16-11-13-21(14-12-16)28-19(4)23(27)25(5)15-22-17(2)24-26(18(22)3)20-9-7-6-8-10-20/h6-14,19H,15H2,1-5H3. The molecular weight excluding hydrogens is 350 g/mol. The molecule has 1 aromatic heterocycles. The highest BCUT2D eigenvalue weighted by Crippen LogP contribution is 2.20. The number of aromatic nitrogens is 2. The maximum atomic E-state index is 12.8. The Labute approximate surface area is 166 Å². The molecule has 0 aliphatic carbocycles. The smallest absolute Gasteiger partial charge is 0.263 e. The number of ether oxygens (including phenoxy) is 1. The Hall–Kier alpha value is -3.08. The number of carbonyl (C=O) groups excluding carboxylic acids is 1. The molecule has 3 rings (SSSR count). The third-order valence-corrected chi connectivity index (χ3v) is 4.90. The molecule has 0 saturated heterocycles. The number of para-hydroxylation sites is 1. The fraction of sp³-hybridized carbons (Fsp3) is 0.304.